The molecule has 0 bridgehead atoms. The van der Waals surface area contributed by atoms with Gasteiger partial charge in [-0.05, 0) is 23.8 Å². The van der Waals surface area contributed by atoms with Gasteiger partial charge in [-0.2, -0.15) is 11.8 Å². The van der Waals surface area contributed by atoms with Crippen molar-refractivity contribution in [3.8, 4) is 0 Å². The number of aliphatic imine (C=N–C) groups is 1. The van der Waals surface area contributed by atoms with Crippen molar-refractivity contribution in [3.63, 3.8) is 0 Å². The van der Waals surface area contributed by atoms with Crippen molar-refractivity contribution in [2.24, 2.45) is 16.6 Å². The Balaban J connectivity index is 1.64. The molecule has 0 atom stereocenters. The minimum absolute atomic E-state index is 0.702. The highest BCUT2D eigenvalue weighted by molar-refractivity contribution is 7.99. The van der Waals surface area contributed by atoms with Crippen molar-refractivity contribution < 1.29 is 0 Å². The molecule has 1 aliphatic heterocycles. The summed E-state index contributed by atoms with van der Waals surface area (Å²) in [6.07, 6.45) is 2.97. The first kappa shape index (κ1) is 17.4. The molecule has 2 N–H and O–H groups in total. The van der Waals surface area contributed by atoms with Crippen LogP contribution in [0, 0.1) is 5.92 Å². The molecule has 22 heavy (non-hydrogen) atoms. The highest BCUT2D eigenvalue weighted by Gasteiger charge is 2.19. The summed E-state index contributed by atoms with van der Waals surface area (Å²) in [5, 5.41) is 3.13. The molecule has 1 aromatic rings. The number of guanidine groups is 1. The number of aromatic nitrogens is 1. The van der Waals surface area contributed by atoms with Gasteiger partial charge in [0.2, 0.25) is 0 Å². The number of piperazine rings is 1. The van der Waals surface area contributed by atoms with Gasteiger partial charge in [0.25, 0.3) is 0 Å². The maximum absolute atomic E-state index is 6.11. The SMILES string of the molecule is CC(C)CSCCCN=C(N)N1CCN(c2nccs2)CC1. The smallest absolute Gasteiger partial charge is 0.191 e. The lowest BCUT2D eigenvalue weighted by Gasteiger charge is -2.35. The Hall–Kier alpha value is -0.950. The van der Waals surface area contributed by atoms with E-state index in [1.54, 1.807) is 11.3 Å². The molecular formula is C15H27N5S2. The maximum atomic E-state index is 6.11. The molecule has 0 unspecified atom stereocenters. The van der Waals surface area contributed by atoms with E-state index in [9.17, 15) is 0 Å². The standard InChI is InChI=1S/C15H27N5S2/c1-13(2)12-21-10-3-4-17-14(16)19-6-8-20(9-7-19)15-18-5-11-22-15/h5,11,13H,3-4,6-10,12H2,1-2H3,(H2,16,17). The summed E-state index contributed by atoms with van der Waals surface area (Å²) in [5.74, 6) is 3.88. The first-order chi connectivity index (χ1) is 10.7. The largest absolute Gasteiger partial charge is 0.370 e. The Bertz CT molecular complexity index is 439. The molecule has 0 aliphatic carbocycles. The molecule has 0 spiro atoms. The van der Waals surface area contributed by atoms with Crippen LogP contribution in [0.4, 0.5) is 5.13 Å². The van der Waals surface area contributed by atoms with Gasteiger partial charge in [-0.1, -0.05) is 13.8 Å². The third kappa shape index (κ3) is 5.68. The lowest BCUT2D eigenvalue weighted by Crippen LogP contribution is -2.51. The Kier molecular flexibility index (Phi) is 7.32. The molecular weight excluding hydrogens is 314 g/mol. The molecule has 1 saturated heterocycles. The van der Waals surface area contributed by atoms with Crippen LogP contribution in [0.25, 0.3) is 0 Å². The molecule has 1 fully saturated rings. The van der Waals surface area contributed by atoms with Crippen molar-refractivity contribution >= 4 is 34.2 Å². The molecule has 5 nitrogen and oxygen atoms in total. The van der Waals surface area contributed by atoms with E-state index in [-0.39, 0.29) is 0 Å². The molecule has 124 valence electrons. The maximum Gasteiger partial charge on any atom is 0.191 e. The Labute approximate surface area is 142 Å². The molecule has 1 aliphatic rings. The minimum atomic E-state index is 0.702. The highest BCUT2D eigenvalue weighted by Crippen LogP contribution is 2.18. The van der Waals surface area contributed by atoms with E-state index in [0.717, 1.165) is 50.2 Å². The topological polar surface area (TPSA) is 57.8 Å². The van der Waals surface area contributed by atoms with Gasteiger partial charge >= 0.3 is 0 Å². The third-order valence-electron chi connectivity index (χ3n) is 3.47. The lowest BCUT2D eigenvalue weighted by molar-refractivity contribution is 0.380. The average Bonchev–Trinajstić information content (AvgIpc) is 3.05. The van der Waals surface area contributed by atoms with E-state index in [2.05, 4.69) is 33.6 Å². The second-order valence-corrected chi connectivity index (χ2v) is 7.87. The second-order valence-electron chi connectivity index (χ2n) is 5.85. The molecule has 7 heteroatoms. The summed E-state index contributed by atoms with van der Waals surface area (Å²) in [6.45, 7) is 9.14. The van der Waals surface area contributed by atoms with Crippen molar-refractivity contribution in [3.05, 3.63) is 11.6 Å². The van der Waals surface area contributed by atoms with Gasteiger partial charge in [0, 0.05) is 44.3 Å². The zero-order valence-electron chi connectivity index (χ0n) is 13.6. The fourth-order valence-electron chi connectivity index (χ4n) is 2.28. The van der Waals surface area contributed by atoms with Gasteiger partial charge in [-0.25, -0.2) is 4.98 Å². The molecule has 2 rings (SSSR count). The Morgan fingerprint density at radius 1 is 1.41 bits per heavy atom. The number of rotatable bonds is 7. The summed E-state index contributed by atoms with van der Waals surface area (Å²) in [4.78, 5) is 13.4. The fraction of sp³-hybridized carbons (Fsp3) is 0.733. The number of thioether (sulfide) groups is 1. The summed E-state index contributed by atoms with van der Waals surface area (Å²) < 4.78 is 0. The van der Waals surface area contributed by atoms with E-state index in [0.29, 0.717) is 5.96 Å². The van der Waals surface area contributed by atoms with Gasteiger partial charge < -0.3 is 15.5 Å². The first-order valence-corrected chi connectivity index (χ1v) is 9.97. The lowest BCUT2D eigenvalue weighted by atomic mass is 10.3. The third-order valence-corrected chi connectivity index (χ3v) is 5.78. The van der Waals surface area contributed by atoms with Crippen LogP contribution < -0.4 is 10.6 Å². The number of thiazole rings is 1. The van der Waals surface area contributed by atoms with Gasteiger partial charge in [-0.15, -0.1) is 11.3 Å². The van der Waals surface area contributed by atoms with Crippen LogP contribution in [0.1, 0.15) is 20.3 Å². The number of nitrogens with zero attached hydrogens (tertiary/aromatic N) is 4. The Morgan fingerprint density at radius 3 is 2.82 bits per heavy atom. The molecule has 1 aromatic heterocycles. The summed E-state index contributed by atoms with van der Waals surface area (Å²) >= 11 is 3.71. The van der Waals surface area contributed by atoms with Gasteiger partial charge in [0.15, 0.2) is 11.1 Å². The van der Waals surface area contributed by atoms with E-state index in [1.165, 1.54) is 11.5 Å². The quantitative estimate of drug-likeness (QED) is 0.469. The number of nitrogens with two attached hydrogens (primary N) is 1. The first-order valence-electron chi connectivity index (χ1n) is 7.94. The van der Waals surface area contributed by atoms with Gasteiger partial charge in [-0.3, -0.25) is 4.99 Å². The second kappa shape index (κ2) is 9.25. The molecule has 2 heterocycles. The molecule has 0 radical (unpaired) electrons. The van der Waals surface area contributed by atoms with Crippen molar-refractivity contribution in [2.45, 2.75) is 20.3 Å². The summed E-state index contributed by atoms with van der Waals surface area (Å²) in [6, 6.07) is 0. The van der Waals surface area contributed by atoms with Crippen LogP contribution in [0.5, 0.6) is 0 Å². The van der Waals surface area contributed by atoms with Crippen molar-refractivity contribution in [1.82, 2.24) is 9.88 Å². The molecule has 0 saturated carbocycles. The van der Waals surface area contributed by atoms with Crippen LogP contribution in [0.2, 0.25) is 0 Å². The minimum Gasteiger partial charge on any atom is -0.370 e. The van der Waals surface area contributed by atoms with E-state index < -0.39 is 0 Å². The predicted molar refractivity (Wildman–Crippen MR) is 99.2 cm³/mol. The van der Waals surface area contributed by atoms with Crippen molar-refractivity contribution in [1.29, 1.82) is 0 Å². The van der Waals surface area contributed by atoms with Crippen molar-refractivity contribution in [2.75, 3.05) is 49.1 Å². The van der Waals surface area contributed by atoms with Gasteiger partial charge in [0.1, 0.15) is 0 Å². The predicted octanol–water partition coefficient (Wildman–Crippen LogP) is 2.36. The van der Waals surface area contributed by atoms with Crippen LogP contribution >= 0.6 is 23.1 Å². The summed E-state index contributed by atoms with van der Waals surface area (Å²) in [5.41, 5.74) is 6.11. The van der Waals surface area contributed by atoms with E-state index >= 15 is 0 Å². The average molecular weight is 342 g/mol. The fourth-order valence-corrected chi connectivity index (χ4v) is 3.95. The molecule has 0 amide bonds. The number of anilines is 1. The van der Waals surface area contributed by atoms with Crippen LogP contribution in [0.3, 0.4) is 0 Å². The number of hydrogen-bond donors (Lipinski definition) is 1. The number of hydrogen-bond acceptors (Lipinski definition) is 5. The van der Waals surface area contributed by atoms with Crippen LogP contribution in [-0.4, -0.2) is 60.1 Å². The van der Waals surface area contributed by atoms with E-state index in [4.69, 9.17) is 5.73 Å². The normalized spacial score (nSPS) is 16.6. The monoisotopic (exact) mass is 341 g/mol. The zero-order valence-corrected chi connectivity index (χ0v) is 15.2. The van der Waals surface area contributed by atoms with Crippen LogP contribution in [0.15, 0.2) is 16.6 Å². The molecule has 0 aromatic carbocycles. The van der Waals surface area contributed by atoms with Crippen LogP contribution in [-0.2, 0) is 0 Å². The highest BCUT2D eigenvalue weighted by atomic mass is 32.2. The van der Waals surface area contributed by atoms with E-state index in [1.807, 2.05) is 23.3 Å². The van der Waals surface area contributed by atoms with Gasteiger partial charge in [0.05, 0.1) is 0 Å². The zero-order chi connectivity index (χ0) is 15.8. The summed E-state index contributed by atoms with van der Waals surface area (Å²) in [7, 11) is 0. The Morgan fingerprint density at radius 2 is 2.18 bits per heavy atom.